The number of hydrogen-bond donors (Lipinski definition) is 2. The Morgan fingerprint density at radius 3 is 2.81 bits per heavy atom. The second kappa shape index (κ2) is 7.96. The first-order valence-electron chi connectivity index (χ1n) is 8.74. The normalized spacial score (nSPS) is 19.5. The fourth-order valence-electron chi connectivity index (χ4n) is 2.76. The van der Waals surface area contributed by atoms with E-state index in [0.717, 1.165) is 17.7 Å². The van der Waals surface area contributed by atoms with Crippen molar-refractivity contribution in [1.29, 1.82) is 0 Å². The Labute approximate surface area is 162 Å². The molecule has 0 saturated carbocycles. The molecular weight excluding hydrogens is 362 g/mol. The van der Waals surface area contributed by atoms with Crippen LogP contribution in [0.4, 0.5) is 5.69 Å². The molecule has 0 spiro atoms. The lowest BCUT2D eigenvalue weighted by atomic mass is 9.89. The smallest absolute Gasteiger partial charge is 0.275 e. The van der Waals surface area contributed by atoms with Crippen LogP contribution >= 0.6 is 11.8 Å². The fraction of sp³-hybridized carbons (Fsp3) is 0.368. The Bertz CT molecular complexity index is 853. The Morgan fingerprint density at radius 1 is 1.33 bits per heavy atom. The average Bonchev–Trinajstić information content (AvgIpc) is 2.62. The Kier molecular flexibility index (Phi) is 5.65. The van der Waals surface area contributed by atoms with Crippen LogP contribution in [0.3, 0.4) is 0 Å². The highest BCUT2D eigenvalue weighted by molar-refractivity contribution is 8.13. The van der Waals surface area contributed by atoms with Gasteiger partial charge in [-0.2, -0.15) is 0 Å². The molecule has 2 heterocycles. The zero-order chi connectivity index (χ0) is 19.4. The summed E-state index contributed by atoms with van der Waals surface area (Å²) in [7, 11) is 0. The summed E-state index contributed by atoms with van der Waals surface area (Å²) < 4.78 is 5.44. The van der Waals surface area contributed by atoms with E-state index in [1.54, 1.807) is 11.8 Å². The van der Waals surface area contributed by atoms with Crippen molar-refractivity contribution < 1.29 is 9.53 Å². The molecule has 27 heavy (non-hydrogen) atoms. The van der Waals surface area contributed by atoms with Gasteiger partial charge in [0.05, 0.1) is 24.0 Å². The molecule has 1 aromatic carbocycles. The van der Waals surface area contributed by atoms with E-state index in [2.05, 4.69) is 27.2 Å². The minimum atomic E-state index is -0.383. The zero-order valence-corrected chi connectivity index (χ0v) is 16.4. The molecule has 0 bridgehead atoms. The number of amides is 1. The molecule has 3 N–H and O–H groups in total. The molecule has 1 aliphatic heterocycles. The van der Waals surface area contributed by atoms with Crippen LogP contribution in [0.2, 0.25) is 0 Å². The molecule has 1 unspecified atom stereocenters. The van der Waals surface area contributed by atoms with Crippen LogP contribution in [0.25, 0.3) is 0 Å². The summed E-state index contributed by atoms with van der Waals surface area (Å²) in [6.07, 6.45) is 3.74. The predicted octanol–water partition coefficient (Wildman–Crippen LogP) is 3.18. The highest BCUT2D eigenvalue weighted by atomic mass is 32.2. The minimum absolute atomic E-state index is 0.00189. The topological polar surface area (TPSA) is 102 Å². The van der Waals surface area contributed by atoms with E-state index in [1.165, 1.54) is 12.4 Å². The summed E-state index contributed by atoms with van der Waals surface area (Å²) in [5.41, 5.74) is 7.43. The lowest BCUT2D eigenvalue weighted by molar-refractivity contribution is 0.102. The quantitative estimate of drug-likeness (QED) is 0.819. The summed E-state index contributed by atoms with van der Waals surface area (Å²) in [6.45, 7) is 5.86. The minimum Gasteiger partial charge on any atom is -0.474 e. The lowest BCUT2D eigenvalue weighted by Gasteiger charge is -2.30. The molecule has 2 aromatic rings. The van der Waals surface area contributed by atoms with Gasteiger partial charge in [-0.3, -0.25) is 9.79 Å². The van der Waals surface area contributed by atoms with E-state index in [-0.39, 0.29) is 23.2 Å². The van der Waals surface area contributed by atoms with Crippen LogP contribution in [0.15, 0.2) is 41.7 Å². The van der Waals surface area contributed by atoms with Gasteiger partial charge in [0.15, 0.2) is 5.17 Å². The van der Waals surface area contributed by atoms with Gasteiger partial charge in [-0.1, -0.05) is 23.9 Å². The van der Waals surface area contributed by atoms with Gasteiger partial charge in [0.2, 0.25) is 5.88 Å². The molecular formula is C19H23N5O2S. The maximum absolute atomic E-state index is 12.5. The first kappa shape index (κ1) is 19.2. The largest absolute Gasteiger partial charge is 0.474 e. The van der Waals surface area contributed by atoms with Crippen molar-refractivity contribution in [1.82, 2.24) is 9.97 Å². The molecule has 0 radical (unpaired) electrons. The lowest BCUT2D eigenvalue weighted by Crippen LogP contribution is -2.28. The Balaban J connectivity index is 1.74. The van der Waals surface area contributed by atoms with Gasteiger partial charge in [-0.25, -0.2) is 9.97 Å². The van der Waals surface area contributed by atoms with Crippen molar-refractivity contribution >= 4 is 28.5 Å². The number of aliphatic imine (C=N–C) groups is 1. The van der Waals surface area contributed by atoms with Gasteiger partial charge in [0, 0.05) is 11.4 Å². The average molecular weight is 385 g/mol. The monoisotopic (exact) mass is 385 g/mol. The molecule has 1 aliphatic rings. The maximum atomic E-state index is 12.5. The number of thioether (sulfide) groups is 1. The van der Waals surface area contributed by atoms with Crippen LogP contribution in [-0.4, -0.2) is 32.9 Å². The number of ether oxygens (including phenoxy) is 1. The van der Waals surface area contributed by atoms with E-state index in [0.29, 0.717) is 16.7 Å². The van der Waals surface area contributed by atoms with Crippen molar-refractivity contribution in [2.24, 2.45) is 10.7 Å². The van der Waals surface area contributed by atoms with Gasteiger partial charge in [0.25, 0.3) is 5.91 Å². The van der Waals surface area contributed by atoms with E-state index in [1.807, 2.05) is 38.1 Å². The van der Waals surface area contributed by atoms with Gasteiger partial charge >= 0.3 is 0 Å². The van der Waals surface area contributed by atoms with Gasteiger partial charge in [-0.05, 0) is 44.9 Å². The molecule has 0 aliphatic carbocycles. The highest BCUT2D eigenvalue weighted by Gasteiger charge is 2.29. The maximum Gasteiger partial charge on any atom is 0.275 e. The van der Waals surface area contributed by atoms with Crippen molar-refractivity contribution in [3.63, 3.8) is 0 Å². The second-order valence-electron chi connectivity index (χ2n) is 6.76. The molecule has 1 atom stereocenters. The van der Waals surface area contributed by atoms with Crippen molar-refractivity contribution in [2.45, 2.75) is 38.8 Å². The third-order valence-electron chi connectivity index (χ3n) is 4.16. The Morgan fingerprint density at radius 2 is 2.15 bits per heavy atom. The number of carbonyl (C=O) groups is 1. The van der Waals surface area contributed by atoms with Crippen LogP contribution in [0.5, 0.6) is 5.88 Å². The molecule has 142 valence electrons. The van der Waals surface area contributed by atoms with Crippen LogP contribution < -0.4 is 15.8 Å². The number of carbonyl (C=O) groups excluding carboxylic acids is 1. The number of hydrogen-bond acceptors (Lipinski definition) is 7. The summed E-state index contributed by atoms with van der Waals surface area (Å²) in [6, 6.07) is 7.66. The van der Waals surface area contributed by atoms with E-state index in [4.69, 9.17) is 10.5 Å². The van der Waals surface area contributed by atoms with Crippen LogP contribution in [0, 0.1) is 0 Å². The number of benzene rings is 1. The number of amidine groups is 1. The molecule has 7 nitrogen and oxygen atoms in total. The summed E-state index contributed by atoms with van der Waals surface area (Å²) in [5.74, 6) is 0.980. The molecule has 3 rings (SSSR count). The van der Waals surface area contributed by atoms with Gasteiger partial charge < -0.3 is 15.8 Å². The molecule has 8 heteroatoms. The Hall–Kier alpha value is -2.61. The highest BCUT2D eigenvalue weighted by Crippen LogP contribution is 2.35. The van der Waals surface area contributed by atoms with E-state index in [9.17, 15) is 4.79 Å². The van der Waals surface area contributed by atoms with Crippen molar-refractivity contribution in [3.8, 4) is 5.88 Å². The fourth-order valence-corrected chi connectivity index (χ4v) is 3.73. The SMILES string of the molecule is CC(C)Oc1cnc(C(=O)Nc2cccc(C3(C)CCSC(N)=N3)c2)cn1. The summed E-state index contributed by atoms with van der Waals surface area (Å²) >= 11 is 1.56. The third kappa shape index (κ3) is 4.77. The number of aromatic nitrogens is 2. The third-order valence-corrected chi connectivity index (χ3v) is 4.95. The number of rotatable bonds is 5. The predicted molar refractivity (Wildman–Crippen MR) is 108 cm³/mol. The molecule has 1 amide bonds. The standard InChI is InChI=1S/C19H23N5O2S/c1-12(2)26-16-11-21-15(10-22-16)17(25)23-14-6-4-5-13(9-14)19(3)7-8-27-18(20)24-19/h4-6,9-12H,7-8H2,1-3H3,(H2,20,24)(H,23,25). The number of nitrogens with two attached hydrogens (primary N) is 1. The number of nitrogens with zero attached hydrogens (tertiary/aromatic N) is 3. The van der Waals surface area contributed by atoms with E-state index >= 15 is 0 Å². The van der Waals surface area contributed by atoms with Gasteiger partial charge in [-0.15, -0.1) is 0 Å². The summed E-state index contributed by atoms with van der Waals surface area (Å²) in [4.78, 5) is 25.3. The first-order valence-corrected chi connectivity index (χ1v) is 9.73. The van der Waals surface area contributed by atoms with E-state index < -0.39 is 0 Å². The number of anilines is 1. The zero-order valence-electron chi connectivity index (χ0n) is 15.6. The van der Waals surface area contributed by atoms with Gasteiger partial charge in [0.1, 0.15) is 5.69 Å². The molecule has 1 aromatic heterocycles. The van der Waals surface area contributed by atoms with Crippen molar-refractivity contribution in [3.05, 3.63) is 47.9 Å². The van der Waals surface area contributed by atoms with Crippen LogP contribution in [-0.2, 0) is 5.54 Å². The second-order valence-corrected chi connectivity index (χ2v) is 7.88. The molecule has 0 saturated heterocycles. The van der Waals surface area contributed by atoms with Crippen LogP contribution in [0.1, 0.15) is 43.2 Å². The van der Waals surface area contributed by atoms with Crippen molar-refractivity contribution in [2.75, 3.05) is 11.1 Å². The first-order chi connectivity index (χ1) is 12.9. The number of nitrogens with one attached hydrogen (secondary N) is 1. The summed E-state index contributed by atoms with van der Waals surface area (Å²) in [5, 5.41) is 3.45. The molecule has 0 fully saturated rings.